The molecule has 1 amide bonds. The van der Waals surface area contributed by atoms with E-state index >= 15 is 0 Å². The van der Waals surface area contributed by atoms with Crippen molar-refractivity contribution in [3.05, 3.63) is 42.5 Å². The number of rotatable bonds is 6. The van der Waals surface area contributed by atoms with E-state index in [0.29, 0.717) is 17.9 Å². The molecule has 0 aliphatic carbocycles. The maximum atomic E-state index is 11.8. The Labute approximate surface area is 140 Å². The van der Waals surface area contributed by atoms with Gasteiger partial charge in [0.05, 0.1) is 7.11 Å². The molecule has 124 valence electrons. The molecule has 0 aliphatic rings. The van der Waals surface area contributed by atoms with E-state index in [1.54, 1.807) is 7.11 Å². The fourth-order valence-electron chi connectivity index (χ4n) is 2.41. The summed E-state index contributed by atoms with van der Waals surface area (Å²) in [7, 11) is 1.62. The molecular weight excluding hydrogens is 304 g/mol. The highest BCUT2D eigenvalue weighted by Crippen LogP contribution is 2.27. The summed E-state index contributed by atoms with van der Waals surface area (Å²) >= 11 is 0. The molecule has 5 heteroatoms. The van der Waals surface area contributed by atoms with Crippen LogP contribution in [0.5, 0.6) is 5.75 Å². The maximum Gasteiger partial charge on any atom is 0.227 e. The van der Waals surface area contributed by atoms with Crippen LogP contribution < -0.4 is 10.1 Å². The van der Waals surface area contributed by atoms with Crippen molar-refractivity contribution in [3.8, 4) is 17.2 Å². The zero-order valence-corrected chi connectivity index (χ0v) is 13.8. The minimum absolute atomic E-state index is 0.0403. The lowest BCUT2D eigenvalue weighted by atomic mass is 10.2. The number of oxazole rings is 1. The first-order chi connectivity index (χ1) is 11.7. The number of anilines is 1. The van der Waals surface area contributed by atoms with Gasteiger partial charge in [-0.3, -0.25) is 4.79 Å². The SMILES string of the molecule is CCCCC(=O)Nc1ccc(-c2nc3cc(OC)ccc3o2)cc1. The predicted octanol–water partition coefficient (Wildman–Crippen LogP) is 4.63. The summed E-state index contributed by atoms with van der Waals surface area (Å²) < 4.78 is 11.0. The highest BCUT2D eigenvalue weighted by atomic mass is 16.5. The molecule has 1 aromatic heterocycles. The van der Waals surface area contributed by atoms with Gasteiger partial charge in [0, 0.05) is 23.7 Å². The van der Waals surface area contributed by atoms with Gasteiger partial charge in [-0.15, -0.1) is 0 Å². The Morgan fingerprint density at radius 3 is 2.71 bits per heavy atom. The van der Waals surface area contributed by atoms with Crippen LogP contribution >= 0.6 is 0 Å². The third kappa shape index (κ3) is 3.56. The van der Waals surface area contributed by atoms with Gasteiger partial charge in [0.15, 0.2) is 5.58 Å². The number of aromatic nitrogens is 1. The van der Waals surface area contributed by atoms with E-state index < -0.39 is 0 Å². The quantitative estimate of drug-likeness (QED) is 0.718. The van der Waals surface area contributed by atoms with Gasteiger partial charge in [-0.2, -0.15) is 0 Å². The minimum atomic E-state index is 0.0403. The molecule has 1 heterocycles. The Morgan fingerprint density at radius 2 is 2.00 bits per heavy atom. The van der Waals surface area contributed by atoms with Crippen LogP contribution in [0, 0.1) is 0 Å². The number of nitrogens with zero attached hydrogens (tertiary/aromatic N) is 1. The number of hydrogen-bond donors (Lipinski definition) is 1. The van der Waals surface area contributed by atoms with Crippen molar-refractivity contribution in [2.24, 2.45) is 0 Å². The summed E-state index contributed by atoms with van der Waals surface area (Å²) in [5, 5.41) is 2.89. The number of ether oxygens (including phenoxy) is 1. The van der Waals surface area contributed by atoms with Gasteiger partial charge < -0.3 is 14.5 Å². The normalized spacial score (nSPS) is 10.8. The van der Waals surface area contributed by atoms with Gasteiger partial charge >= 0.3 is 0 Å². The molecule has 0 aliphatic heterocycles. The maximum absolute atomic E-state index is 11.8. The van der Waals surface area contributed by atoms with Crippen LogP contribution in [-0.2, 0) is 4.79 Å². The number of carbonyl (C=O) groups is 1. The topological polar surface area (TPSA) is 64.4 Å². The Balaban J connectivity index is 1.76. The van der Waals surface area contributed by atoms with Gasteiger partial charge in [0.2, 0.25) is 11.8 Å². The minimum Gasteiger partial charge on any atom is -0.497 e. The van der Waals surface area contributed by atoms with Gasteiger partial charge in [-0.1, -0.05) is 13.3 Å². The number of hydrogen-bond acceptors (Lipinski definition) is 4. The smallest absolute Gasteiger partial charge is 0.227 e. The second kappa shape index (κ2) is 7.17. The Hall–Kier alpha value is -2.82. The molecule has 5 nitrogen and oxygen atoms in total. The summed E-state index contributed by atoms with van der Waals surface area (Å²) in [4.78, 5) is 16.2. The highest BCUT2D eigenvalue weighted by Gasteiger charge is 2.09. The van der Waals surface area contributed by atoms with E-state index in [4.69, 9.17) is 9.15 Å². The summed E-state index contributed by atoms with van der Waals surface area (Å²) in [6.45, 7) is 2.07. The van der Waals surface area contributed by atoms with E-state index in [-0.39, 0.29) is 5.91 Å². The molecule has 3 aromatic rings. The lowest BCUT2D eigenvalue weighted by molar-refractivity contribution is -0.116. The van der Waals surface area contributed by atoms with Crippen LogP contribution in [-0.4, -0.2) is 18.0 Å². The fraction of sp³-hybridized carbons (Fsp3) is 0.263. The first-order valence-electron chi connectivity index (χ1n) is 8.04. The van der Waals surface area contributed by atoms with Crippen molar-refractivity contribution >= 4 is 22.7 Å². The van der Waals surface area contributed by atoms with Crippen molar-refractivity contribution in [1.29, 1.82) is 0 Å². The van der Waals surface area contributed by atoms with E-state index in [0.717, 1.165) is 35.4 Å². The molecule has 0 radical (unpaired) electrons. The summed E-state index contributed by atoms with van der Waals surface area (Å²) in [5.41, 5.74) is 3.10. The second-order valence-corrected chi connectivity index (χ2v) is 5.58. The Morgan fingerprint density at radius 1 is 1.21 bits per heavy atom. The monoisotopic (exact) mass is 324 g/mol. The lowest BCUT2D eigenvalue weighted by Crippen LogP contribution is -2.10. The van der Waals surface area contributed by atoms with Gasteiger partial charge in [-0.25, -0.2) is 4.98 Å². The van der Waals surface area contributed by atoms with Gasteiger partial charge in [-0.05, 0) is 42.8 Å². The number of unbranched alkanes of at least 4 members (excludes halogenated alkanes) is 1. The third-order valence-corrected chi connectivity index (χ3v) is 3.77. The number of methoxy groups -OCH3 is 1. The summed E-state index contributed by atoms with van der Waals surface area (Å²) in [6, 6.07) is 13.0. The molecule has 0 atom stereocenters. The predicted molar refractivity (Wildman–Crippen MR) is 94.2 cm³/mol. The van der Waals surface area contributed by atoms with Crippen LogP contribution in [0.2, 0.25) is 0 Å². The number of carbonyl (C=O) groups excluding carboxylic acids is 1. The van der Waals surface area contributed by atoms with Crippen molar-refractivity contribution in [3.63, 3.8) is 0 Å². The average molecular weight is 324 g/mol. The molecule has 2 aromatic carbocycles. The van der Waals surface area contributed by atoms with Crippen LogP contribution in [0.1, 0.15) is 26.2 Å². The first-order valence-corrected chi connectivity index (χ1v) is 8.04. The molecular formula is C19H20N2O3. The van der Waals surface area contributed by atoms with Crippen molar-refractivity contribution in [1.82, 2.24) is 4.98 Å². The lowest BCUT2D eigenvalue weighted by Gasteiger charge is -2.05. The van der Waals surface area contributed by atoms with Gasteiger partial charge in [0.25, 0.3) is 0 Å². The van der Waals surface area contributed by atoms with Crippen LogP contribution in [0.15, 0.2) is 46.9 Å². The van der Waals surface area contributed by atoms with E-state index in [2.05, 4.69) is 17.2 Å². The second-order valence-electron chi connectivity index (χ2n) is 5.58. The Kier molecular flexibility index (Phi) is 4.79. The molecule has 1 N–H and O–H groups in total. The van der Waals surface area contributed by atoms with Crippen molar-refractivity contribution in [2.75, 3.05) is 12.4 Å². The van der Waals surface area contributed by atoms with Gasteiger partial charge in [0.1, 0.15) is 11.3 Å². The van der Waals surface area contributed by atoms with Crippen molar-refractivity contribution < 1.29 is 13.9 Å². The zero-order valence-electron chi connectivity index (χ0n) is 13.8. The Bertz CT molecular complexity index is 837. The summed E-state index contributed by atoms with van der Waals surface area (Å²) in [6.07, 6.45) is 2.45. The van der Waals surface area contributed by atoms with Crippen LogP contribution in [0.25, 0.3) is 22.6 Å². The number of fused-ring (bicyclic) bond motifs is 1. The number of benzene rings is 2. The highest BCUT2D eigenvalue weighted by molar-refractivity contribution is 5.91. The molecule has 24 heavy (non-hydrogen) atoms. The van der Waals surface area contributed by atoms with Crippen molar-refractivity contribution in [2.45, 2.75) is 26.2 Å². The molecule has 0 saturated carbocycles. The molecule has 0 unspecified atom stereocenters. The molecule has 3 rings (SSSR count). The molecule has 0 fully saturated rings. The summed E-state index contributed by atoms with van der Waals surface area (Å²) in [5.74, 6) is 1.33. The number of amides is 1. The third-order valence-electron chi connectivity index (χ3n) is 3.77. The zero-order chi connectivity index (χ0) is 16.9. The van der Waals surface area contributed by atoms with Crippen LogP contribution in [0.4, 0.5) is 5.69 Å². The van der Waals surface area contributed by atoms with Crippen LogP contribution in [0.3, 0.4) is 0 Å². The van der Waals surface area contributed by atoms with E-state index in [1.807, 2.05) is 42.5 Å². The molecule has 0 spiro atoms. The fourth-order valence-corrected chi connectivity index (χ4v) is 2.41. The molecule has 0 bridgehead atoms. The largest absolute Gasteiger partial charge is 0.497 e. The van der Waals surface area contributed by atoms with E-state index in [1.165, 1.54) is 0 Å². The van der Waals surface area contributed by atoms with E-state index in [9.17, 15) is 4.79 Å². The average Bonchev–Trinajstić information content (AvgIpc) is 3.03. The first kappa shape index (κ1) is 16.1. The molecule has 0 saturated heterocycles. The standard InChI is InChI=1S/C19H20N2O3/c1-3-4-5-18(22)20-14-8-6-13(7-9-14)19-21-16-12-15(23-2)10-11-17(16)24-19/h6-12H,3-5H2,1-2H3,(H,20,22). The number of nitrogens with one attached hydrogen (secondary N) is 1.